The normalized spacial score (nSPS) is 28.2. The maximum atomic E-state index is 11.2. The average molecular weight is 169 g/mol. The molecule has 0 aliphatic heterocycles. The Kier molecular flexibility index (Phi) is 1.17. The number of aliphatic carboxylic acids is 1. The van der Waals surface area contributed by atoms with E-state index in [2.05, 4.69) is 9.85 Å². The number of ether oxygens (including phenoxy) is 1. The van der Waals surface area contributed by atoms with E-state index < -0.39 is 36.4 Å². The minimum Gasteiger partial charge on any atom is -0.480 e. The SMILES string of the molecule is [2H]OC(=O)[C@@]([2H])(N([2H])[2H])C([2H])([2H])C([2H])([2H])C(=O)OC. The number of nitrogens with two attached hydrogens (primary N) is 1. The molecular formula is C6H11NO4. The van der Waals surface area contributed by atoms with Gasteiger partial charge in [-0.1, -0.05) is 0 Å². The predicted molar refractivity (Wildman–Crippen MR) is 36.9 cm³/mol. The Morgan fingerprint density at radius 1 is 2.09 bits per heavy atom. The molecule has 3 N–H and O–H groups in total. The summed E-state index contributed by atoms with van der Waals surface area (Å²) in [6.45, 7) is 0. The minimum absolute atomic E-state index is 0.754. The van der Waals surface area contributed by atoms with Crippen molar-refractivity contribution in [1.82, 2.24) is 0 Å². The highest BCUT2D eigenvalue weighted by Crippen LogP contribution is 1.95. The molecule has 0 aliphatic carbocycles. The fourth-order valence-corrected chi connectivity index (χ4v) is 0.212. The zero-order valence-electron chi connectivity index (χ0n) is 13.6. The summed E-state index contributed by atoms with van der Waals surface area (Å²) in [6.07, 6.45) is -7.23. The molecule has 64 valence electrons. The fraction of sp³-hybridized carbons (Fsp3) is 0.667. The van der Waals surface area contributed by atoms with E-state index in [0.29, 0.717) is 0 Å². The first-order chi connectivity index (χ1) is 8.41. The van der Waals surface area contributed by atoms with Gasteiger partial charge in [0, 0.05) is 11.9 Å². The highest BCUT2D eigenvalue weighted by atomic mass is 16.5. The second-order valence-electron chi connectivity index (χ2n) is 1.38. The lowest BCUT2D eigenvalue weighted by Gasteiger charge is -2.03. The van der Waals surface area contributed by atoms with Gasteiger partial charge in [0.05, 0.1) is 8.48 Å². The smallest absolute Gasteiger partial charge is 0.320 e. The maximum Gasteiger partial charge on any atom is 0.320 e. The number of methoxy groups -OCH3 is 1. The lowest BCUT2D eigenvalue weighted by atomic mass is 10.2. The first kappa shape index (κ1) is 2.75. The third kappa shape index (κ3) is 4.32. The first-order valence-corrected chi connectivity index (χ1v) is 2.45. The van der Waals surface area contributed by atoms with Crippen molar-refractivity contribution in [3.63, 3.8) is 0 Å². The van der Waals surface area contributed by atoms with Crippen LogP contribution in [0.3, 0.4) is 0 Å². The number of esters is 1. The van der Waals surface area contributed by atoms with Crippen LogP contribution in [0.25, 0.3) is 1.43 Å². The molecule has 0 unspecified atom stereocenters. The first-order valence-electron chi connectivity index (χ1n) is 6.25. The van der Waals surface area contributed by atoms with Crippen molar-refractivity contribution in [2.45, 2.75) is 18.8 Å². The van der Waals surface area contributed by atoms with Gasteiger partial charge >= 0.3 is 11.9 Å². The van der Waals surface area contributed by atoms with Crippen LogP contribution in [0.5, 0.6) is 0 Å². The zero-order valence-corrected chi connectivity index (χ0v) is 5.58. The van der Waals surface area contributed by atoms with Gasteiger partial charge in [-0.3, -0.25) is 9.59 Å². The highest BCUT2D eigenvalue weighted by molar-refractivity contribution is 5.75. The number of carboxylic acid groups (broad SMARTS) is 1. The second kappa shape index (κ2) is 4.68. The van der Waals surface area contributed by atoms with Crippen LogP contribution in [0, 0.1) is 0 Å². The Morgan fingerprint density at radius 2 is 2.82 bits per heavy atom. The summed E-state index contributed by atoms with van der Waals surface area (Å²) in [5.74, 6) is -3.77. The molecule has 0 saturated heterocycles. The average Bonchev–Trinajstić information content (AvgIpc) is 2.34. The number of carbonyl (C=O) groups is 2. The topological polar surface area (TPSA) is 89.6 Å². The third-order valence-electron chi connectivity index (χ3n) is 0.662. The molecule has 5 nitrogen and oxygen atoms in total. The zero-order chi connectivity index (χ0) is 15.6. The number of rotatable bonds is 5. The van der Waals surface area contributed by atoms with E-state index in [9.17, 15) is 9.59 Å². The van der Waals surface area contributed by atoms with Crippen molar-refractivity contribution in [2.75, 3.05) is 7.11 Å². The monoisotopic (exact) mass is 169 g/mol. The van der Waals surface area contributed by atoms with Crippen molar-refractivity contribution in [3.05, 3.63) is 0 Å². The van der Waals surface area contributed by atoms with Crippen molar-refractivity contribution in [3.8, 4) is 0 Å². The molecule has 0 saturated carbocycles. The molecule has 11 heavy (non-hydrogen) atoms. The van der Waals surface area contributed by atoms with Gasteiger partial charge in [0.15, 0.2) is 0 Å². The van der Waals surface area contributed by atoms with Crippen molar-refractivity contribution < 1.29 is 29.1 Å². The van der Waals surface area contributed by atoms with Crippen LogP contribution in [0.1, 0.15) is 19.6 Å². The lowest BCUT2D eigenvalue weighted by Crippen LogP contribution is -2.30. The summed E-state index contributed by atoms with van der Waals surface area (Å²) in [4.78, 5) is 22.4. The minimum atomic E-state index is -3.70. The van der Waals surface area contributed by atoms with E-state index in [0.717, 1.165) is 7.11 Å². The van der Waals surface area contributed by atoms with Gasteiger partial charge < -0.3 is 15.6 Å². The third-order valence-corrected chi connectivity index (χ3v) is 0.662. The van der Waals surface area contributed by atoms with Crippen molar-refractivity contribution in [2.24, 2.45) is 5.72 Å². The number of hydrogen-bond donors (Lipinski definition) is 2. The molecule has 0 rings (SSSR count). The second-order valence-corrected chi connectivity index (χ2v) is 1.38. The van der Waals surface area contributed by atoms with Crippen LogP contribution in [-0.4, -0.2) is 30.2 Å². The molecule has 1 atom stereocenters. The Hall–Kier alpha value is -1.10. The summed E-state index contributed by atoms with van der Waals surface area (Å²) in [6, 6.07) is -3.60. The molecule has 5 heteroatoms. The maximum absolute atomic E-state index is 11.2. The van der Waals surface area contributed by atoms with Gasteiger partial charge in [-0.2, -0.15) is 0 Å². The molecule has 0 aromatic heterocycles. The largest absolute Gasteiger partial charge is 0.480 e. The van der Waals surface area contributed by atoms with E-state index in [4.69, 9.17) is 11.1 Å². The molecule has 0 fully saturated rings. The highest BCUT2D eigenvalue weighted by Gasteiger charge is 2.12. The summed E-state index contributed by atoms with van der Waals surface area (Å²) < 4.78 is 60.9. The number of carboxylic acids is 1. The van der Waals surface area contributed by atoms with Gasteiger partial charge in [-0.05, 0) is 6.37 Å². The van der Waals surface area contributed by atoms with Crippen LogP contribution in [0.15, 0.2) is 0 Å². The number of carbonyl (C=O) groups excluding carboxylic acids is 1. The summed E-state index contributed by atoms with van der Waals surface area (Å²) in [5, 5.41) is 3.35. The molecule has 0 aliphatic rings. The van der Waals surface area contributed by atoms with Crippen LogP contribution >= 0.6 is 0 Å². The van der Waals surface area contributed by atoms with E-state index >= 15 is 0 Å². The lowest BCUT2D eigenvalue weighted by molar-refractivity contribution is -0.141. The van der Waals surface area contributed by atoms with Crippen molar-refractivity contribution in [1.29, 1.82) is 1.43 Å². The summed E-state index contributed by atoms with van der Waals surface area (Å²) >= 11 is 0. The predicted octanol–water partition coefficient (Wildman–Crippen LogP) is -0.649. The Balaban J connectivity index is 5.95. The number of hydrogen-bond acceptors (Lipinski definition) is 5. The van der Waals surface area contributed by atoms with Gasteiger partial charge in [0.25, 0.3) is 1.43 Å². The quantitative estimate of drug-likeness (QED) is 0.534. The molecule has 0 heterocycles. The van der Waals surface area contributed by atoms with Gasteiger partial charge in [-0.15, -0.1) is 0 Å². The van der Waals surface area contributed by atoms with Crippen LogP contribution < -0.4 is 5.72 Å². The molecule has 0 radical (unpaired) electrons. The Bertz CT molecular complexity index is 374. The van der Waals surface area contributed by atoms with E-state index in [-0.39, 0.29) is 0 Å². The standard InChI is InChI=1S/C6H11NO4/c1-11-5(8)3-2-4(7)6(9)10/h4H,2-3,7H2,1H3,(H,9,10)/t4-/m0/s1/i2D2,3D2,4D/hD3. The molecule has 0 amide bonds. The van der Waals surface area contributed by atoms with Crippen molar-refractivity contribution >= 4 is 11.9 Å². The van der Waals surface area contributed by atoms with Crippen LogP contribution in [-0.2, 0) is 14.3 Å². The molecule has 0 spiro atoms. The van der Waals surface area contributed by atoms with E-state index in [1.165, 1.54) is 0 Å². The van der Waals surface area contributed by atoms with Gasteiger partial charge in [0.1, 0.15) is 8.84 Å². The summed E-state index contributed by atoms with van der Waals surface area (Å²) in [5.41, 5.74) is -0.787. The molecule has 0 aromatic carbocycles. The molecular weight excluding hydrogens is 150 g/mol. The fourth-order valence-electron chi connectivity index (χ4n) is 0.212. The van der Waals surface area contributed by atoms with Crippen LogP contribution in [0.2, 0.25) is 2.82 Å². The van der Waals surface area contributed by atoms with E-state index in [1.807, 2.05) is 0 Å². The summed E-state index contributed by atoms with van der Waals surface area (Å²) in [7, 11) is 0.754. The Labute approximate surface area is 75.6 Å². The van der Waals surface area contributed by atoms with Crippen LogP contribution in [0.4, 0.5) is 0 Å². The molecule has 0 aromatic rings. The van der Waals surface area contributed by atoms with Gasteiger partial charge in [-0.25, -0.2) is 0 Å². The van der Waals surface area contributed by atoms with E-state index in [1.54, 1.807) is 0 Å². The Morgan fingerprint density at radius 3 is 3.27 bits per heavy atom. The van der Waals surface area contributed by atoms with Gasteiger partial charge in [0.2, 0.25) is 0 Å². The molecule has 0 bridgehead atoms.